The Morgan fingerprint density at radius 1 is 1.47 bits per heavy atom. The number of Topliss-reactive ketones (excluding diaryl/α,β-unsaturated/α-hetero) is 1. The molecule has 0 radical (unpaired) electrons. The van der Waals surface area contributed by atoms with E-state index in [1.54, 1.807) is 11.0 Å². The molecule has 4 heteroatoms. The summed E-state index contributed by atoms with van der Waals surface area (Å²) >= 11 is 3.35. The third kappa shape index (κ3) is 2.75. The molecule has 0 bridgehead atoms. The molecule has 1 aliphatic heterocycles. The van der Waals surface area contributed by atoms with E-state index in [0.717, 1.165) is 4.47 Å². The number of ketones is 1. The van der Waals surface area contributed by atoms with Gasteiger partial charge in [0.25, 0.3) is 0 Å². The lowest BCUT2D eigenvalue weighted by Crippen LogP contribution is -2.31. The van der Waals surface area contributed by atoms with Crippen molar-refractivity contribution >= 4 is 27.6 Å². The van der Waals surface area contributed by atoms with Crippen molar-refractivity contribution in [3.05, 3.63) is 34.3 Å². The van der Waals surface area contributed by atoms with E-state index in [2.05, 4.69) is 15.9 Å². The van der Waals surface area contributed by atoms with Crippen LogP contribution in [0.4, 0.5) is 0 Å². The second-order valence-corrected chi connectivity index (χ2v) is 5.34. The molecule has 1 aromatic rings. The number of rotatable bonds is 3. The Kier molecular flexibility index (Phi) is 3.62. The van der Waals surface area contributed by atoms with E-state index in [9.17, 15) is 9.59 Å². The molecule has 1 atom stereocenters. The van der Waals surface area contributed by atoms with Gasteiger partial charge in [0.2, 0.25) is 5.91 Å². The van der Waals surface area contributed by atoms with Crippen molar-refractivity contribution in [2.24, 2.45) is 5.92 Å². The summed E-state index contributed by atoms with van der Waals surface area (Å²) in [7, 11) is 0. The Bertz CT molecular complexity index is 458. The summed E-state index contributed by atoms with van der Waals surface area (Å²) in [6, 6.07) is 7.30. The lowest BCUT2D eigenvalue weighted by atomic mass is 10.1. The average Bonchev–Trinajstić information content (AvgIpc) is 2.58. The van der Waals surface area contributed by atoms with E-state index in [1.165, 1.54) is 0 Å². The van der Waals surface area contributed by atoms with E-state index in [0.29, 0.717) is 24.4 Å². The summed E-state index contributed by atoms with van der Waals surface area (Å²) < 4.78 is 0.782. The van der Waals surface area contributed by atoms with Crippen molar-refractivity contribution in [3.63, 3.8) is 0 Å². The highest BCUT2D eigenvalue weighted by molar-refractivity contribution is 9.10. The molecule has 0 spiro atoms. The zero-order chi connectivity index (χ0) is 12.4. The van der Waals surface area contributed by atoms with E-state index >= 15 is 0 Å². The number of halogens is 1. The first-order valence-electron chi connectivity index (χ1n) is 5.63. The zero-order valence-electron chi connectivity index (χ0n) is 9.65. The molecule has 0 N–H and O–H groups in total. The predicted molar refractivity (Wildman–Crippen MR) is 68.8 cm³/mol. The van der Waals surface area contributed by atoms with Crippen molar-refractivity contribution in [2.45, 2.75) is 13.3 Å². The molecule has 17 heavy (non-hydrogen) atoms. The van der Waals surface area contributed by atoms with Crippen LogP contribution in [0.3, 0.4) is 0 Å². The fourth-order valence-electron chi connectivity index (χ4n) is 2.07. The number of amides is 1. The summed E-state index contributed by atoms with van der Waals surface area (Å²) in [5.41, 5.74) is 0.639. The first-order chi connectivity index (χ1) is 8.08. The van der Waals surface area contributed by atoms with Crippen LogP contribution >= 0.6 is 15.9 Å². The SMILES string of the molecule is CC1CC(=O)N(CC(=O)c2ccccc2Br)C1. The van der Waals surface area contributed by atoms with Gasteiger partial charge in [0.15, 0.2) is 5.78 Å². The van der Waals surface area contributed by atoms with Crippen LogP contribution in [0.25, 0.3) is 0 Å². The highest BCUT2D eigenvalue weighted by Gasteiger charge is 2.28. The summed E-state index contributed by atoms with van der Waals surface area (Å²) in [5, 5.41) is 0. The molecule has 1 amide bonds. The second kappa shape index (κ2) is 5.00. The van der Waals surface area contributed by atoms with Crippen LogP contribution in [0.1, 0.15) is 23.7 Å². The maximum Gasteiger partial charge on any atom is 0.223 e. The molecule has 1 aromatic carbocycles. The van der Waals surface area contributed by atoms with Gasteiger partial charge in [-0.2, -0.15) is 0 Å². The lowest BCUT2D eigenvalue weighted by molar-refractivity contribution is -0.127. The van der Waals surface area contributed by atoms with Gasteiger partial charge in [-0.1, -0.05) is 41.1 Å². The van der Waals surface area contributed by atoms with Crippen LogP contribution in [-0.4, -0.2) is 29.7 Å². The highest BCUT2D eigenvalue weighted by Crippen LogP contribution is 2.20. The molecule has 0 aliphatic carbocycles. The Morgan fingerprint density at radius 2 is 2.18 bits per heavy atom. The van der Waals surface area contributed by atoms with Crippen LogP contribution in [0.15, 0.2) is 28.7 Å². The Labute approximate surface area is 109 Å². The minimum atomic E-state index is -0.0140. The number of hydrogen-bond acceptors (Lipinski definition) is 2. The Morgan fingerprint density at radius 3 is 2.76 bits per heavy atom. The first-order valence-corrected chi connectivity index (χ1v) is 6.42. The van der Waals surface area contributed by atoms with Gasteiger partial charge in [-0.3, -0.25) is 9.59 Å². The molecular formula is C13H14BrNO2. The zero-order valence-corrected chi connectivity index (χ0v) is 11.2. The van der Waals surface area contributed by atoms with Crippen molar-refractivity contribution in [1.29, 1.82) is 0 Å². The molecule has 1 saturated heterocycles. The largest absolute Gasteiger partial charge is 0.335 e. The second-order valence-electron chi connectivity index (χ2n) is 4.49. The van der Waals surface area contributed by atoms with Gasteiger partial charge in [0.05, 0.1) is 6.54 Å². The van der Waals surface area contributed by atoms with E-state index in [-0.39, 0.29) is 18.2 Å². The van der Waals surface area contributed by atoms with E-state index in [4.69, 9.17) is 0 Å². The fourth-order valence-corrected chi connectivity index (χ4v) is 2.57. The smallest absolute Gasteiger partial charge is 0.223 e. The maximum atomic E-state index is 12.0. The van der Waals surface area contributed by atoms with Gasteiger partial charge in [-0.05, 0) is 12.0 Å². The topological polar surface area (TPSA) is 37.4 Å². The summed E-state index contributed by atoms with van der Waals surface area (Å²) in [5.74, 6) is 0.423. The van der Waals surface area contributed by atoms with E-state index < -0.39 is 0 Å². The summed E-state index contributed by atoms with van der Waals surface area (Å²) in [4.78, 5) is 25.3. The van der Waals surface area contributed by atoms with Crippen LogP contribution in [-0.2, 0) is 4.79 Å². The van der Waals surface area contributed by atoms with Gasteiger partial charge >= 0.3 is 0 Å². The summed E-state index contributed by atoms with van der Waals surface area (Å²) in [6.45, 7) is 2.90. The molecule has 0 aromatic heterocycles. The third-order valence-electron chi connectivity index (χ3n) is 2.92. The Balaban J connectivity index is 2.08. The first kappa shape index (κ1) is 12.3. The minimum absolute atomic E-state index is 0.0140. The molecule has 0 saturated carbocycles. The van der Waals surface area contributed by atoms with Crippen molar-refractivity contribution in [1.82, 2.24) is 4.90 Å². The quantitative estimate of drug-likeness (QED) is 0.804. The highest BCUT2D eigenvalue weighted by atomic mass is 79.9. The minimum Gasteiger partial charge on any atom is -0.335 e. The average molecular weight is 296 g/mol. The number of carbonyl (C=O) groups is 2. The number of likely N-dealkylation sites (tertiary alicyclic amines) is 1. The molecule has 3 nitrogen and oxygen atoms in total. The number of hydrogen-bond donors (Lipinski definition) is 0. The van der Waals surface area contributed by atoms with Crippen LogP contribution in [0.2, 0.25) is 0 Å². The standard InChI is InChI=1S/C13H14BrNO2/c1-9-6-13(17)15(7-9)8-12(16)10-4-2-3-5-11(10)14/h2-5,9H,6-8H2,1H3. The third-order valence-corrected chi connectivity index (χ3v) is 3.61. The lowest BCUT2D eigenvalue weighted by Gasteiger charge is -2.15. The van der Waals surface area contributed by atoms with Crippen LogP contribution in [0, 0.1) is 5.92 Å². The van der Waals surface area contributed by atoms with Crippen LogP contribution in [0.5, 0.6) is 0 Å². The monoisotopic (exact) mass is 295 g/mol. The normalized spacial score (nSPS) is 19.8. The van der Waals surface area contributed by atoms with Gasteiger partial charge < -0.3 is 4.90 Å². The molecular weight excluding hydrogens is 282 g/mol. The molecule has 1 aliphatic rings. The molecule has 1 fully saturated rings. The number of carbonyl (C=O) groups excluding carboxylic acids is 2. The van der Waals surface area contributed by atoms with E-state index in [1.807, 2.05) is 25.1 Å². The Hall–Kier alpha value is -1.16. The molecule has 90 valence electrons. The molecule has 2 rings (SSSR count). The fraction of sp³-hybridized carbons (Fsp3) is 0.385. The van der Waals surface area contributed by atoms with Crippen LogP contribution < -0.4 is 0 Å². The predicted octanol–water partition coefficient (Wildman–Crippen LogP) is 2.50. The van der Waals surface area contributed by atoms with Crippen molar-refractivity contribution in [3.8, 4) is 0 Å². The van der Waals surface area contributed by atoms with Gasteiger partial charge in [-0.15, -0.1) is 0 Å². The van der Waals surface area contributed by atoms with Gasteiger partial charge in [0.1, 0.15) is 0 Å². The van der Waals surface area contributed by atoms with Crippen molar-refractivity contribution in [2.75, 3.05) is 13.1 Å². The number of benzene rings is 1. The number of nitrogens with zero attached hydrogens (tertiary/aromatic N) is 1. The maximum absolute atomic E-state index is 12.0. The molecule has 1 heterocycles. The van der Waals surface area contributed by atoms with Gasteiger partial charge in [-0.25, -0.2) is 0 Å². The van der Waals surface area contributed by atoms with Crippen molar-refractivity contribution < 1.29 is 9.59 Å². The molecule has 1 unspecified atom stereocenters. The summed E-state index contributed by atoms with van der Waals surface area (Å²) in [6.07, 6.45) is 0.559. The van der Waals surface area contributed by atoms with Gasteiger partial charge in [0, 0.05) is 23.0 Å².